The van der Waals surface area contributed by atoms with Crippen LogP contribution in [0.5, 0.6) is 0 Å². The van der Waals surface area contributed by atoms with Crippen LogP contribution in [0.25, 0.3) is 16.6 Å². The van der Waals surface area contributed by atoms with Gasteiger partial charge in [-0.05, 0) is 38.1 Å². The second-order valence-corrected chi connectivity index (χ2v) is 9.43. The van der Waals surface area contributed by atoms with E-state index in [4.69, 9.17) is 16.3 Å². The molecule has 6 nitrogen and oxygen atoms in total. The molecule has 33 heavy (non-hydrogen) atoms. The van der Waals surface area contributed by atoms with Gasteiger partial charge in [-0.1, -0.05) is 25.4 Å². The van der Waals surface area contributed by atoms with Crippen molar-refractivity contribution in [3.8, 4) is 0 Å². The molecule has 9 heteroatoms. The van der Waals surface area contributed by atoms with Crippen LogP contribution in [0.3, 0.4) is 0 Å². The number of rotatable bonds is 4. The molecule has 0 radical (unpaired) electrons. The van der Waals surface area contributed by atoms with Crippen molar-refractivity contribution in [1.82, 2.24) is 14.9 Å². The van der Waals surface area contributed by atoms with Crippen LogP contribution in [0.1, 0.15) is 49.3 Å². The normalized spacial score (nSPS) is 16.5. The Labute approximate surface area is 194 Å². The number of halogens is 3. The van der Waals surface area contributed by atoms with Crippen molar-refractivity contribution < 1.29 is 23.4 Å². The predicted molar refractivity (Wildman–Crippen MR) is 122 cm³/mol. The molecule has 1 aromatic carbocycles. The fourth-order valence-electron chi connectivity index (χ4n) is 4.15. The van der Waals surface area contributed by atoms with Gasteiger partial charge in [-0.3, -0.25) is 9.78 Å². The molecule has 3 heterocycles. The first-order chi connectivity index (χ1) is 15.5. The molecule has 1 aliphatic heterocycles. The highest BCUT2D eigenvalue weighted by molar-refractivity contribution is 6.31. The van der Waals surface area contributed by atoms with Crippen LogP contribution in [0.2, 0.25) is 5.02 Å². The summed E-state index contributed by atoms with van der Waals surface area (Å²) in [6.07, 6.45) is 1.36. The molecule has 1 atom stereocenters. The van der Waals surface area contributed by atoms with Crippen molar-refractivity contribution in [3.63, 3.8) is 0 Å². The van der Waals surface area contributed by atoms with Gasteiger partial charge in [-0.25, -0.2) is 8.78 Å². The molecule has 2 N–H and O–H groups in total. The molecule has 0 saturated heterocycles. The maximum atomic E-state index is 13.8. The fourth-order valence-corrected chi connectivity index (χ4v) is 4.31. The zero-order chi connectivity index (χ0) is 24.1. The van der Waals surface area contributed by atoms with Crippen molar-refractivity contribution in [3.05, 3.63) is 70.1 Å². The molecule has 0 saturated carbocycles. The summed E-state index contributed by atoms with van der Waals surface area (Å²) in [6.45, 7) is 7.62. The zero-order valence-electron chi connectivity index (χ0n) is 18.6. The molecule has 0 bridgehead atoms. The molecule has 3 aromatic rings. The number of ether oxygens (including phenoxy) is 1. The van der Waals surface area contributed by atoms with Crippen LogP contribution in [0, 0.1) is 11.6 Å². The predicted octanol–water partition coefficient (Wildman–Crippen LogP) is 5.01. The number of nitrogens with one attached hydrogen (secondary N) is 1. The van der Waals surface area contributed by atoms with E-state index in [1.165, 1.54) is 23.4 Å². The maximum Gasteiger partial charge on any atom is 0.257 e. The molecule has 0 fully saturated rings. The highest BCUT2D eigenvalue weighted by Gasteiger charge is 2.38. The maximum absolute atomic E-state index is 13.8. The second-order valence-electron chi connectivity index (χ2n) is 8.99. The van der Waals surface area contributed by atoms with Crippen LogP contribution < -0.4 is 0 Å². The summed E-state index contributed by atoms with van der Waals surface area (Å²) in [6, 6.07) is 4.75. The Morgan fingerprint density at radius 2 is 2.00 bits per heavy atom. The average Bonchev–Trinajstić information content (AvgIpc) is 3.05. The summed E-state index contributed by atoms with van der Waals surface area (Å²) >= 11 is 6.13. The third-order valence-electron chi connectivity index (χ3n) is 5.52. The van der Waals surface area contributed by atoms with Crippen molar-refractivity contribution in [2.75, 3.05) is 6.54 Å². The first kappa shape index (κ1) is 23.4. The van der Waals surface area contributed by atoms with Gasteiger partial charge in [0.2, 0.25) is 0 Å². The number of aromatic nitrogens is 2. The first-order valence-electron chi connectivity index (χ1n) is 10.5. The highest BCUT2D eigenvalue weighted by atomic mass is 35.5. The lowest BCUT2D eigenvalue weighted by Gasteiger charge is -2.29. The fraction of sp³-hybridized carbons (Fsp3) is 0.333. The summed E-state index contributed by atoms with van der Waals surface area (Å²) in [5.41, 5.74) is 2.35. The number of benzene rings is 1. The number of aliphatic hydroxyl groups excluding tert-OH is 1. The molecule has 2 aromatic heterocycles. The number of carbonyl (C=O) groups excluding carboxylic acids is 1. The van der Waals surface area contributed by atoms with Crippen molar-refractivity contribution in [1.29, 1.82) is 0 Å². The van der Waals surface area contributed by atoms with E-state index in [-0.39, 0.29) is 18.2 Å². The Kier molecular flexibility index (Phi) is 6.03. The van der Waals surface area contributed by atoms with Gasteiger partial charge in [0.15, 0.2) is 17.9 Å². The van der Waals surface area contributed by atoms with Crippen molar-refractivity contribution >= 4 is 34.1 Å². The van der Waals surface area contributed by atoms with Gasteiger partial charge < -0.3 is 19.7 Å². The van der Waals surface area contributed by atoms with E-state index >= 15 is 0 Å². The van der Waals surface area contributed by atoms with E-state index in [1.54, 1.807) is 19.9 Å². The summed E-state index contributed by atoms with van der Waals surface area (Å²) in [5, 5.41) is 11.4. The number of fused-ring (bicyclic) bond motifs is 3. The van der Waals surface area contributed by atoms with E-state index in [0.717, 1.165) is 17.7 Å². The number of nitrogens with zero attached hydrogens (tertiary/aromatic N) is 2. The summed E-state index contributed by atoms with van der Waals surface area (Å²) < 4.78 is 32.9. The van der Waals surface area contributed by atoms with E-state index in [1.807, 2.05) is 13.8 Å². The second kappa shape index (κ2) is 8.52. The van der Waals surface area contributed by atoms with Gasteiger partial charge in [0.25, 0.3) is 5.91 Å². The van der Waals surface area contributed by atoms with Crippen LogP contribution in [-0.4, -0.2) is 44.8 Å². The molecule has 1 unspecified atom stereocenters. The summed E-state index contributed by atoms with van der Waals surface area (Å²) in [4.78, 5) is 22.4. The number of hydrogen-bond acceptors (Lipinski definition) is 4. The third kappa shape index (κ3) is 4.38. The van der Waals surface area contributed by atoms with Crippen LogP contribution >= 0.6 is 11.6 Å². The number of H-pyrrole nitrogens is 1. The number of amides is 1. The molecule has 4 rings (SSSR count). The third-order valence-corrected chi connectivity index (χ3v) is 5.73. The molecular formula is C24H24ClF2N3O3. The van der Waals surface area contributed by atoms with Gasteiger partial charge >= 0.3 is 0 Å². The summed E-state index contributed by atoms with van der Waals surface area (Å²) in [5.74, 6) is -2.69. The standard InChI is InChI=1S/C24H24ClF2N3O3/c1-12(2)33-23(32)15-10-30(22(31)13-5-6-16(26)17(27)7-13)11-24(3,4)19-20(15)29-18-8-14(25)9-28-21(18)19/h5-10,12,23,29,32H,11H2,1-4H3. The number of aromatic amines is 1. The van der Waals surface area contributed by atoms with Crippen LogP contribution in [0.15, 0.2) is 36.7 Å². The lowest BCUT2D eigenvalue weighted by atomic mass is 9.83. The monoisotopic (exact) mass is 475 g/mol. The molecular weight excluding hydrogens is 452 g/mol. The van der Waals surface area contributed by atoms with Gasteiger partial charge in [-0.2, -0.15) is 0 Å². The van der Waals surface area contributed by atoms with Gasteiger partial charge in [0, 0.05) is 41.1 Å². The highest BCUT2D eigenvalue weighted by Crippen LogP contribution is 2.41. The summed E-state index contributed by atoms with van der Waals surface area (Å²) in [7, 11) is 0. The minimum atomic E-state index is -1.36. The van der Waals surface area contributed by atoms with Gasteiger partial charge in [0.05, 0.1) is 27.9 Å². The van der Waals surface area contributed by atoms with E-state index in [9.17, 15) is 18.7 Å². The number of aliphatic hydroxyl groups is 1. The van der Waals surface area contributed by atoms with Crippen LogP contribution in [-0.2, 0) is 10.2 Å². The molecule has 1 aliphatic rings. The van der Waals surface area contributed by atoms with Gasteiger partial charge in [0.1, 0.15) is 0 Å². The molecule has 0 aliphatic carbocycles. The molecule has 1 amide bonds. The molecule has 174 valence electrons. The quantitative estimate of drug-likeness (QED) is 0.520. The largest absolute Gasteiger partial charge is 0.364 e. The number of hydrogen-bond donors (Lipinski definition) is 2. The Morgan fingerprint density at radius 3 is 2.67 bits per heavy atom. The Bertz CT molecular complexity index is 1270. The average molecular weight is 476 g/mol. The number of pyridine rings is 1. The first-order valence-corrected chi connectivity index (χ1v) is 10.8. The van der Waals surface area contributed by atoms with E-state index in [0.29, 0.717) is 27.3 Å². The molecule has 0 spiro atoms. The number of carbonyl (C=O) groups is 1. The Balaban J connectivity index is 1.89. The van der Waals surface area contributed by atoms with Gasteiger partial charge in [-0.15, -0.1) is 0 Å². The topological polar surface area (TPSA) is 78.5 Å². The minimum Gasteiger partial charge on any atom is -0.364 e. The van der Waals surface area contributed by atoms with E-state index < -0.39 is 29.2 Å². The Morgan fingerprint density at radius 1 is 1.27 bits per heavy atom. The lowest BCUT2D eigenvalue weighted by molar-refractivity contribution is -0.0859. The van der Waals surface area contributed by atoms with E-state index in [2.05, 4.69) is 9.97 Å². The lowest BCUT2D eigenvalue weighted by Crippen LogP contribution is -2.37. The minimum absolute atomic E-state index is 0.0140. The van der Waals surface area contributed by atoms with Crippen molar-refractivity contribution in [2.45, 2.75) is 45.5 Å². The van der Waals surface area contributed by atoms with Crippen molar-refractivity contribution in [2.24, 2.45) is 0 Å². The smallest absolute Gasteiger partial charge is 0.257 e. The zero-order valence-corrected chi connectivity index (χ0v) is 19.4. The van der Waals surface area contributed by atoms with Crippen LogP contribution in [0.4, 0.5) is 8.78 Å². The SMILES string of the molecule is CC(C)OC(O)C1=CN(C(=O)c2ccc(F)c(F)c2)CC(C)(C)c2c1[nH]c1cc(Cl)cnc21. The Hall–Kier alpha value is -2.81.